The first-order chi connectivity index (χ1) is 8.21. The molecule has 1 aromatic rings. The largest absolute Gasteiger partial charge is 0.300 e. The van der Waals surface area contributed by atoms with Gasteiger partial charge in [-0.15, -0.1) is 10.2 Å². The van der Waals surface area contributed by atoms with Gasteiger partial charge in [0, 0.05) is 13.0 Å². The SMILES string of the molecule is CC(C)CCc1nnc(S(N)(=O)=O)n1CC(C)C. The predicted molar refractivity (Wildman–Crippen MR) is 69.4 cm³/mol. The van der Waals surface area contributed by atoms with Crippen molar-refractivity contribution in [1.29, 1.82) is 0 Å². The second-order valence-electron chi connectivity index (χ2n) is 5.38. The van der Waals surface area contributed by atoms with E-state index in [1.807, 2.05) is 13.8 Å². The number of aromatic nitrogens is 3. The molecule has 6 nitrogen and oxygen atoms in total. The Balaban J connectivity index is 3.07. The zero-order valence-corrected chi connectivity index (χ0v) is 12.2. The second kappa shape index (κ2) is 5.79. The number of nitrogens with two attached hydrogens (primary N) is 1. The lowest BCUT2D eigenvalue weighted by molar-refractivity contribution is 0.460. The van der Waals surface area contributed by atoms with E-state index in [1.165, 1.54) is 0 Å². The first-order valence-electron chi connectivity index (χ1n) is 6.16. The molecule has 0 unspecified atom stereocenters. The molecule has 1 aromatic heterocycles. The Morgan fingerprint density at radius 3 is 2.22 bits per heavy atom. The summed E-state index contributed by atoms with van der Waals surface area (Å²) in [5.41, 5.74) is 0. The van der Waals surface area contributed by atoms with Crippen LogP contribution in [0.4, 0.5) is 0 Å². The van der Waals surface area contributed by atoms with Gasteiger partial charge in [-0.1, -0.05) is 27.7 Å². The van der Waals surface area contributed by atoms with Crippen molar-refractivity contribution < 1.29 is 8.42 Å². The van der Waals surface area contributed by atoms with E-state index in [4.69, 9.17) is 5.14 Å². The first kappa shape index (κ1) is 15.1. The maximum absolute atomic E-state index is 11.4. The van der Waals surface area contributed by atoms with Gasteiger partial charge in [0.2, 0.25) is 0 Å². The van der Waals surface area contributed by atoms with E-state index in [0.717, 1.165) is 6.42 Å². The third-order valence-electron chi connectivity index (χ3n) is 2.54. The highest BCUT2D eigenvalue weighted by molar-refractivity contribution is 7.89. The molecule has 0 aliphatic carbocycles. The summed E-state index contributed by atoms with van der Waals surface area (Å²) < 4.78 is 24.5. The van der Waals surface area contributed by atoms with E-state index in [9.17, 15) is 8.42 Å². The van der Waals surface area contributed by atoms with Crippen LogP contribution in [-0.2, 0) is 23.0 Å². The average Bonchev–Trinajstić information content (AvgIpc) is 2.56. The van der Waals surface area contributed by atoms with Crippen LogP contribution in [0.2, 0.25) is 0 Å². The number of rotatable bonds is 6. The smallest absolute Gasteiger partial charge is 0.273 e. The van der Waals surface area contributed by atoms with Crippen molar-refractivity contribution in [3.8, 4) is 0 Å². The summed E-state index contributed by atoms with van der Waals surface area (Å²) in [6, 6.07) is 0. The molecular weight excluding hydrogens is 252 g/mol. The quantitative estimate of drug-likeness (QED) is 0.843. The third kappa shape index (κ3) is 4.06. The highest BCUT2D eigenvalue weighted by Gasteiger charge is 2.21. The van der Waals surface area contributed by atoms with Crippen LogP contribution in [0.25, 0.3) is 0 Å². The van der Waals surface area contributed by atoms with Crippen molar-refractivity contribution in [2.75, 3.05) is 0 Å². The van der Waals surface area contributed by atoms with E-state index < -0.39 is 10.0 Å². The van der Waals surface area contributed by atoms with Crippen molar-refractivity contribution in [1.82, 2.24) is 14.8 Å². The molecule has 0 saturated carbocycles. The summed E-state index contributed by atoms with van der Waals surface area (Å²) in [4.78, 5) is 0. The number of sulfonamides is 1. The van der Waals surface area contributed by atoms with Crippen molar-refractivity contribution in [2.45, 2.75) is 52.2 Å². The van der Waals surface area contributed by atoms with Crippen LogP contribution in [-0.4, -0.2) is 23.2 Å². The Kier molecular flexibility index (Phi) is 4.86. The molecule has 0 aromatic carbocycles. The summed E-state index contributed by atoms with van der Waals surface area (Å²) in [6.45, 7) is 8.82. The zero-order valence-electron chi connectivity index (χ0n) is 11.4. The van der Waals surface area contributed by atoms with E-state index in [1.54, 1.807) is 4.57 Å². The maximum Gasteiger partial charge on any atom is 0.273 e. The number of hydrogen-bond acceptors (Lipinski definition) is 4. The topological polar surface area (TPSA) is 90.9 Å². The molecule has 0 radical (unpaired) electrons. The molecule has 7 heteroatoms. The molecular formula is C11H22N4O2S. The molecule has 104 valence electrons. The van der Waals surface area contributed by atoms with Gasteiger partial charge in [-0.25, -0.2) is 13.6 Å². The first-order valence-corrected chi connectivity index (χ1v) is 7.71. The van der Waals surface area contributed by atoms with E-state index in [0.29, 0.717) is 30.6 Å². The number of nitrogens with zero attached hydrogens (tertiary/aromatic N) is 3. The minimum atomic E-state index is -3.81. The maximum atomic E-state index is 11.4. The van der Waals surface area contributed by atoms with Crippen LogP contribution in [0.5, 0.6) is 0 Å². The number of primary sulfonamides is 1. The van der Waals surface area contributed by atoms with Crippen molar-refractivity contribution in [3.63, 3.8) is 0 Å². The molecule has 0 aliphatic heterocycles. The van der Waals surface area contributed by atoms with Crippen LogP contribution in [0, 0.1) is 11.8 Å². The normalized spacial score (nSPS) is 12.6. The molecule has 0 atom stereocenters. The molecule has 0 fully saturated rings. The van der Waals surface area contributed by atoms with Crippen LogP contribution >= 0.6 is 0 Å². The van der Waals surface area contributed by atoms with Gasteiger partial charge in [-0.2, -0.15) is 0 Å². The Hall–Kier alpha value is -0.950. The second-order valence-corrected chi connectivity index (χ2v) is 6.84. The van der Waals surface area contributed by atoms with Gasteiger partial charge in [-0.05, 0) is 18.3 Å². The number of aryl methyl sites for hydroxylation is 1. The van der Waals surface area contributed by atoms with E-state index >= 15 is 0 Å². The lowest BCUT2D eigenvalue weighted by Gasteiger charge is -2.12. The van der Waals surface area contributed by atoms with Gasteiger partial charge in [0.1, 0.15) is 5.82 Å². The summed E-state index contributed by atoms with van der Waals surface area (Å²) in [5.74, 6) is 1.54. The van der Waals surface area contributed by atoms with Crippen LogP contribution in [0.15, 0.2) is 5.16 Å². The van der Waals surface area contributed by atoms with Crippen LogP contribution < -0.4 is 5.14 Å². The lowest BCUT2D eigenvalue weighted by Crippen LogP contribution is -2.21. The summed E-state index contributed by atoms with van der Waals surface area (Å²) in [7, 11) is -3.81. The van der Waals surface area contributed by atoms with Crippen molar-refractivity contribution in [2.24, 2.45) is 17.0 Å². The van der Waals surface area contributed by atoms with Gasteiger partial charge < -0.3 is 4.57 Å². The lowest BCUT2D eigenvalue weighted by atomic mass is 10.1. The van der Waals surface area contributed by atoms with Crippen LogP contribution in [0.3, 0.4) is 0 Å². The highest BCUT2D eigenvalue weighted by atomic mass is 32.2. The minimum absolute atomic E-state index is 0.130. The predicted octanol–water partition coefficient (Wildman–Crippen LogP) is 1.17. The summed E-state index contributed by atoms with van der Waals surface area (Å²) in [6.07, 6.45) is 1.66. The molecule has 0 bridgehead atoms. The molecule has 1 heterocycles. The Morgan fingerprint density at radius 2 is 1.78 bits per heavy atom. The molecule has 0 aliphatic rings. The fourth-order valence-corrected chi connectivity index (χ4v) is 2.32. The fraction of sp³-hybridized carbons (Fsp3) is 0.818. The summed E-state index contributed by atoms with van der Waals surface area (Å²) in [5, 5.41) is 12.7. The number of hydrogen-bond donors (Lipinski definition) is 1. The van der Waals surface area contributed by atoms with Gasteiger partial charge in [0.15, 0.2) is 0 Å². The fourth-order valence-electron chi connectivity index (χ4n) is 1.68. The zero-order chi connectivity index (χ0) is 13.9. The summed E-state index contributed by atoms with van der Waals surface area (Å²) >= 11 is 0. The monoisotopic (exact) mass is 274 g/mol. The van der Waals surface area contributed by atoms with Crippen molar-refractivity contribution >= 4 is 10.0 Å². The van der Waals surface area contributed by atoms with E-state index in [2.05, 4.69) is 24.0 Å². The molecule has 2 N–H and O–H groups in total. The van der Waals surface area contributed by atoms with Crippen molar-refractivity contribution in [3.05, 3.63) is 5.82 Å². The van der Waals surface area contributed by atoms with Gasteiger partial charge in [0.05, 0.1) is 0 Å². The van der Waals surface area contributed by atoms with Gasteiger partial charge >= 0.3 is 0 Å². The standard InChI is InChI=1S/C11H22N4O2S/c1-8(2)5-6-10-13-14-11(18(12,16)17)15(10)7-9(3)4/h8-9H,5-7H2,1-4H3,(H2,12,16,17). The van der Waals surface area contributed by atoms with Gasteiger partial charge in [0.25, 0.3) is 15.2 Å². The Bertz CT molecular complexity index is 491. The average molecular weight is 274 g/mol. The molecule has 0 saturated heterocycles. The molecule has 0 spiro atoms. The highest BCUT2D eigenvalue weighted by Crippen LogP contribution is 2.14. The molecule has 1 rings (SSSR count). The Morgan fingerprint density at radius 1 is 1.17 bits per heavy atom. The Labute approximate surface area is 109 Å². The third-order valence-corrected chi connectivity index (χ3v) is 3.35. The van der Waals surface area contributed by atoms with Crippen LogP contribution in [0.1, 0.15) is 39.9 Å². The molecule has 18 heavy (non-hydrogen) atoms. The minimum Gasteiger partial charge on any atom is -0.300 e. The molecule has 0 amide bonds. The van der Waals surface area contributed by atoms with E-state index in [-0.39, 0.29) is 5.16 Å². The van der Waals surface area contributed by atoms with Gasteiger partial charge in [-0.3, -0.25) is 0 Å².